The molecule has 0 saturated carbocycles. The molecule has 0 saturated heterocycles. The zero-order valence-corrected chi connectivity index (χ0v) is 8.86. The first-order valence-corrected chi connectivity index (χ1v) is 6.65. The number of rotatable bonds is 3. The summed E-state index contributed by atoms with van der Waals surface area (Å²) in [7, 11) is -1.01. The molecule has 0 amide bonds. The van der Waals surface area contributed by atoms with Gasteiger partial charge in [-0.1, -0.05) is 11.3 Å². The van der Waals surface area contributed by atoms with Crippen LogP contribution in [0.5, 0.6) is 0 Å². The fourth-order valence-electron chi connectivity index (χ4n) is 0.270. The Kier molecular flexibility index (Phi) is 5.85. The molecule has 0 unspecified atom stereocenters. The molecule has 0 aromatic heterocycles. The van der Waals surface area contributed by atoms with E-state index < -0.39 is 9.07 Å². The summed E-state index contributed by atoms with van der Waals surface area (Å²) in [6, 6.07) is 0. The first-order valence-electron chi connectivity index (χ1n) is 2.54. The molecule has 0 N–H and O–H groups in total. The van der Waals surface area contributed by atoms with Crippen molar-refractivity contribution in [3.8, 4) is 0 Å². The lowest BCUT2D eigenvalue weighted by Gasteiger charge is -1.90. The molecular formula is C4H11ClOSi2. The van der Waals surface area contributed by atoms with Crippen LogP contribution in [0.3, 0.4) is 0 Å². The van der Waals surface area contributed by atoms with Crippen molar-refractivity contribution in [2.45, 2.75) is 13.8 Å². The molecule has 0 rings (SSSR count). The van der Waals surface area contributed by atoms with Gasteiger partial charge in [0.25, 0.3) is 0 Å². The zero-order valence-electron chi connectivity index (χ0n) is 5.28. The average molecular weight is 167 g/mol. The van der Waals surface area contributed by atoms with Crippen LogP contribution in [0.15, 0.2) is 11.3 Å². The molecule has 0 heterocycles. The molecule has 0 aliphatic rings. The van der Waals surface area contributed by atoms with Gasteiger partial charge in [-0.25, -0.2) is 0 Å². The molecule has 0 aromatic rings. The van der Waals surface area contributed by atoms with Crippen molar-refractivity contribution in [1.82, 2.24) is 0 Å². The van der Waals surface area contributed by atoms with E-state index in [2.05, 4.69) is 19.5 Å². The molecule has 0 radical (unpaired) electrons. The summed E-state index contributed by atoms with van der Waals surface area (Å²) in [5.41, 5.74) is 3.51. The molecule has 0 aromatic carbocycles. The third kappa shape index (κ3) is 6.42. The van der Waals surface area contributed by atoms with Crippen molar-refractivity contribution in [3.05, 3.63) is 11.3 Å². The molecule has 0 atom stereocenters. The monoisotopic (exact) mass is 166 g/mol. The lowest BCUT2D eigenvalue weighted by molar-refractivity contribution is 0.668. The summed E-state index contributed by atoms with van der Waals surface area (Å²) in [5, 5.41) is 0. The quantitative estimate of drug-likeness (QED) is 0.332. The predicted molar refractivity (Wildman–Crippen MR) is 43.5 cm³/mol. The van der Waals surface area contributed by atoms with Crippen molar-refractivity contribution in [2.75, 3.05) is 0 Å². The van der Waals surface area contributed by atoms with Gasteiger partial charge in [0.05, 0.1) is 0 Å². The second-order valence-electron chi connectivity index (χ2n) is 1.76. The average Bonchev–Trinajstić information content (AvgIpc) is 1.66. The fourth-order valence-corrected chi connectivity index (χ4v) is 2.23. The SMILES string of the molecule is CC(C)=C[SiH2]O[SiH2]Cl. The molecule has 0 fully saturated rings. The highest BCUT2D eigenvalue weighted by atomic mass is 35.6. The van der Waals surface area contributed by atoms with Gasteiger partial charge in [-0.3, -0.25) is 0 Å². The van der Waals surface area contributed by atoms with E-state index in [1.54, 1.807) is 0 Å². The van der Waals surface area contributed by atoms with Crippen LogP contribution in [0.4, 0.5) is 0 Å². The topological polar surface area (TPSA) is 9.23 Å². The van der Waals surface area contributed by atoms with Crippen molar-refractivity contribution in [1.29, 1.82) is 0 Å². The van der Waals surface area contributed by atoms with Crippen molar-refractivity contribution in [2.24, 2.45) is 0 Å². The van der Waals surface area contributed by atoms with Gasteiger partial charge in [0, 0.05) is 0 Å². The predicted octanol–water partition coefficient (Wildman–Crippen LogP) is 0.248. The van der Waals surface area contributed by atoms with E-state index in [9.17, 15) is 0 Å². The van der Waals surface area contributed by atoms with Crippen LogP contribution < -0.4 is 0 Å². The Morgan fingerprint density at radius 3 is 2.62 bits per heavy atom. The van der Waals surface area contributed by atoms with Crippen molar-refractivity contribution in [3.63, 3.8) is 0 Å². The van der Waals surface area contributed by atoms with Gasteiger partial charge in [0.1, 0.15) is 0 Å². The summed E-state index contributed by atoms with van der Waals surface area (Å²) >= 11 is 5.41. The highest BCUT2D eigenvalue weighted by Crippen LogP contribution is 1.85. The van der Waals surface area contributed by atoms with Crippen LogP contribution in [-0.4, -0.2) is 18.8 Å². The minimum absolute atomic E-state index is 0.368. The Morgan fingerprint density at radius 1 is 1.62 bits per heavy atom. The van der Waals surface area contributed by atoms with Crippen LogP contribution >= 0.6 is 11.1 Å². The Labute approximate surface area is 59.7 Å². The molecule has 48 valence electrons. The molecule has 8 heavy (non-hydrogen) atoms. The summed E-state index contributed by atoms with van der Waals surface area (Å²) in [6.45, 7) is 4.15. The van der Waals surface area contributed by atoms with E-state index in [0.717, 1.165) is 0 Å². The smallest absolute Gasteiger partial charge is 0.247 e. The van der Waals surface area contributed by atoms with Gasteiger partial charge < -0.3 is 4.12 Å². The second kappa shape index (κ2) is 5.56. The summed E-state index contributed by atoms with van der Waals surface area (Å²) < 4.78 is 5.11. The number of hydrogen-bond acceptors (Lipinski definition) is 1. The van der Waals surface area contributed by atoms with Gasteiger partial charge in [-0.15, -0.1) is 11.1 Å². The lowest BCUT2D eigenvalue weighted by atomic mass is 10.4. The van der Waals surface area contributed by atoms with Crippen LogP contribution in [0, 0.1) is 0 Å². The fraction of sp³-hybridized carbons (Fsp3) is 0.500. The van der Waals surface area contributed by atoms with E-state index in [4.69, 9.17) is 15.2 Å². The highest BCUT2D eigenvalue weighted by Gasteiger charge is 1.79. The zero-order chi connectivity index (χ0) is 6.41. The standard InChI is InChI=1S/C4H11ClOSi2/c1-4(2)3-7-6-8-5/h3H,7-8H2,1-2H3. The number of allylic oxidation sites excluding steroid dienone is 1. The van der Waals surface area contributed by atoms with Gasteiger partial charge >= 0.3 is 0 Å². The van der Waals surface area contributed by atoms with E-state index in [0.29, 0.717) is 0 Å². The van der Waals surface area contributed by atoms with Gasteiger partial charge in [0.2, 0.25) is 9.07 Å². The maximum Gasteiger partial charge on any atom is 0.247 e. The second-order valence-corrected chi connectivity index (χ2v) is 5.01. The molecule has 4 heteroatoms. The summed E-state index contributed by atoms with van der Waals surface area (Å²) in [5.74, 6) is 0. The van der Waals surface area contributed by atoms with Gasteiger partial charge in [-0.05, 0) is 13.8 Å². The van der Waals surface area contributed by atoms with Crippen LogP contribution in [0.25, 0.3) is 0 Å². The lowest BCUT2D eigenvalue weighted by Crippen LogP contribution is -1.95. The third-order valence-electron chi connectivity index (χ3n) is 0.687. The minimum atomic E-state index is -0.640. The van der Waals surface area contributed by atoms with Crippen LogP contribution in [0.1, 0.15) is 13.8 Å². The maximum atomic E-state index is 5.41. The van der Waals surface area contributed by atoms with Gasteiger partial charge in [0.15, 0.2) is 9.76 Å². The van der Waals surface area contributed by atoms with Crippen molar-refractivity contribution < 1.29 is 4.12 Å². The molecular weight excluding hydrogens is 156 g/mol. The van der Waals surface area contributed by atoms with Crippen molar-refractivity contribution >= 4 is 29.9 Å². The van der Waals surface area contributed by atoms with Crippen LogP contribution in [-0.2, 0) is 4.12 Å². The summed E-state index contributed by atoms with van der Waals surface area (Å²) in [6.07, 6.45) is 0. The molecule has 0 bridgehead atoms. The first-order chi connectivity index (χ1) is 3.77. The Hall–Kier alpha value is 0.424. The third-order valence-corrected chi connectivity index (χ3v) is 4.62. The van der Waals surface area contributed by atoms with Crippen LogP contribution in [0.2, 0.25) is 0 Å². The molecule has 0 aliphatic heterocycles. The Morgan fingerprint density at radius 2 is 2.25 bits per heavy atom. The molecule has 0 spiro atoms. The van der Waals surface area contributed by atoms with E-state index in [1.807, 2.05) is 0 Å². The Bertz CT molecular complexity index is 80.1. The number of hydrogen-bond donors (Lipinski definition) is 0. The minimum Gasteiger partial charge on any atom is -0.451 e. The molecule has 0 aliphatic carbocycles. The van der Waals surface area contributed by atoms with E-state index in [-0.39, 0.29) is 9.76 Å². The van der Waals surface area contributed by atoms with E-state index in [1.165, 1.54) is 5.57 Å². The summed E-state index contributed by atoms with van der Waals surface area (Å²) in [4.78, 5) is 0. The first kappa shape index (κ1) is 8.42. The largest absolute Gasteiger partial charge is 0.451 e. The maximum absolute atomic E-state index is 5.41. The van der Waals surface area contributed by atoms with Gasteiger partial charge in [-0.2, -0.15) is 0 Å². The normalized spacial score (nSPS) is 11.9. The molecule has 1 nitrogen and oxygen atoms in total. The number of halogens is 1. The Balaban J connectivity index is 3.03. The highest BCUT2D eigenvalue weighted by molar-refractivity contribution is 6.91. The van der Waals surface area contributed by atoms with E-state index >= 15 is 0 Å².